The lowest BCUT2D eigenvalue weighted by Gasteiger charge is -2.02. The van der Waals surface area contributed by atoms with Crippen molar-refractivity contribution in [2.45, 2.75) is 6.92 Å². The second-order valence-corrected chi connectivity index (χ2v) is 7.18. The fraction of sp³-hybridized carbons (Fsp3) is 0.0370. The van der Waals surface area contributed by atoms with Crippen LogP contribution in [0.15, 0.2) is 95.4 Å². The van der Waals surface area contributed by atoms with Gasteiger partial charge in [-0.1, -0.05) is 84.9 Å². The summed E-state index contributed by atoms with van der Waals surface area (Å²) in [6, 6.07) is 31.9. The smallest absolute Gasteiger partial charge is 0.136 e. The second kappa shape index (κ2) is 6.86. The molecule has 0 saturated carbocycles. The molecule has 5 rings (SSSR count). The topological polar surface area (TPSA) is 13.1 Å². The van der Waals surface area contributed by atoms with Gasteiger partial charge >= 0.3 is 0 Å². The maximum atomic E-state index is 6.06. The molecule has 0 amide bonds. The highest BCUT2D eigenvalue weighted by atomic mass is 16.3. The van der Waals surface area contributed by atoms with E-state index in [1.54, 1.807) is 0 Å². The van der Waals surface area contributed by atoms with E-state index in [1.807, 2.05) is 6.07 Å². The fourth-order valence-electron chi connectivity index (χ4n) is 3.61. The Hall–Kier alpha value is -3.58. The van der Waals surface area contributed by atoms with Gasteiger partial charge in [0.25, 0.3) is 0 Å². The number of rotatable bonds is 3. The van der Waals surface area contributed by atoms with Gasteiger partial charge in [0, 0.05) is 10.8 Å². The van der Waals surface area contributed by atoms with Gasteiger partial charge in [-0.3, -0.25) is 0 Å². The van der Waals surface area contributed by atoms with E-state index in [4.69, 9.17) is 4.42 Å². The Morgan fingerprint density at radius 3 is 1.96 bits per heavy atom. The van der Waals surface area contributed by atoms with Crippen molar-refractivity contribution in [3.8, 4) is 11.1 Å². The number of hydrogen-bond donors (Lipinski definition) is 0. The molecule has 0 radical (unpaired) electrons. The van der Waals surface area contributed by atoms with Gasteiger partial charge in [0.05, 0.1) is 0 Å². The van der Waals surface area contributed by atoms with Gasteiger partial charge < -0.3 is 4.42 Å². The number of furan rings is 1. The number of benzene rings is 4. The Bertz CT molecular complexity index is 1290. The largest absolute Gasteiger partial charge is 0.456 e. The summed E-state index contributed by atoms with van der Waals surface area (Å²) < 4.78 is 6.06. The van der Waals surface area contributed by atoms with Gasteiger partial charge in [-0.15, -0.1) is 0 Å². The van der Waals surface area contributed by atoms with Crippen LogP contribution in [0.2, 0.25) is 0 Å². The predicted octanol–water partition coefficient (Wildman–Crippen LogP) is 7.73. The van der Waals surface area contributed by atoms with E-state index < -0.39 is 0 Å². The zero-order valence-corrected chi connectivity index (χ0v) is 15.7. The standard InChI is InChI=1S/C27H20O/c1-19-7-15-24-25-16-12-21(18-27(25)28-26(24)17-19)9-8-20-10-13-23(14-11-20)22-5-3-2-4-6-22/h2-18H,1H3/b9-8+. The Kier molecular flexibility index (Phi) is 4.06. The molecule has 4 aromatic carbocycles. The number of hydrogen-bond acceptors (Lipinski definition) is 1. The quantitative estimate of drug-likeness (QED) is 0.300. The Labute approximate surface area is 164 Å². The first-order chi connectivity index (χ1) is 13.8. The average Bonchev–Trinajstić information content (AvgIpc) is 3.10. The van der Waals surface area contributed by atoms with E-state index in [0.29, 0.717) is 0 Å². The molecule has 1 heterocycles. The Morgan fingerprint density at radius 1 is 0.571 bits per heavy atom. The van der Waals surface area contributed by atoms with E-state index in [9.17, 15) is 0 Å². The van der Waals surface area contributed by atoms with Crippen molar-refractivity contribution < 1.29 is 4.42 Å². The molecule has 5 aromatic rings. The molecule has 0 fully saturated rings. The van der Waals surface area contributed by atoms with Crippen molar-refractivity contribution in [1.29, 1.82) is 0 Å². The summed E-state index contributed by atoms with van der Waals surface area (Å²) in [5.74, 6) is 0. The molecular formula is C27H20O. The number of aryl methyl sites for hydroxylation is 1. The summed E-state index contributed by atoms with van der Waals surface area (Å²) in [4.78, 5) is 0. The molecule has 28 heavy (non-hydrogen) atoms. The SMILES string of the molecule is Cc1ccc2c(c1)oc1cc(/C=C/c3ccc(-c4ccccc4)cc3)ccc12. The highest BCUT2D eigenvalue weighted by Gasteiger charge is 2.06. The zero-order chi connectivity index (χ0) is 18.9. The molecule has 1 heteroatoms. The first kappa shape index (κ1) is 16.6. The molecule has 0 aliphatic rings. The monoisotopic (exact) mass is 360 g/mol. The van der Waals surface area contributed by atoms with E-state index in [-0.39, 0.29) is 0 Å². The van der Waals surface area contributed by atoms with Crippen LogP contribution in [0, 0.1) is 6.92 Å². The van der Waals surface area contributed by atoms with Crippen molar-refractivity contribution >= 4 is 34.1 Å². The molecule has 1 aromatic heterocycles. The first-order valence-electron chi connectivity index (χ1n) is 9.53. The third-order valence-corrected chi connectivity index (χ3v) is 5.14. The molecule has 0 unspecified atom stereocenters. The lowest BCUT2D eigenvalue weighted by Crippen LogP contribution is -1.78. The third kappa shape index (κ3) is 3.12. The van der Waals surface area contributed by atoms with Crippen LogP contribution >= 0.6 is 0 Å². The summed E-state index contributed by atoms with van der Waals surface area (Å²) in [7, 11) is 0. The highest BCUT2D eigenvalue weighted by molar-refractivity contribution is 6.05. The fourth-order valence-corrected chi connectivity index (χ4v) is 3.61. The number of fused-ring (bicyclic) bond motifs is 3. The van der Waals surface area contributed by atoms with Gasteiger partial charge in [0.15, 0.2) is 0 Å². The molecule has 1 nitrogen and oxygen atoms in total. The minimum atomic E-state index is 0.933. The molecule has 0 atom stereocenters. The summed E-state index contributed by atoms with van der Waals surface area (Å²) in [6.07, 6.45) is 4.28. The lowest BCUT2D eigenvalue weighted by atomic mass is 10.0. The van der Waals surface area contributed by atoms with Crippen LogP contribution in [0.4, 0.5) is 0 Å². The zero-order valence-electron chi connectivity index (χ0n) is 15.7. The molecular weight excluding hydrogens is 340 g/mol. The first-order valence-corrected chi connectivity index (χ1v) is 9.53. The summed E-state index contributed by atoms with van der Waals surface area (Å²) in [6.45, 7) is 2.09. The van der Waals surface area contributed by atoms with Crippen LogP contribution in [0.3, 0.4) is 0 Å². The van der Waals surface area contributed by atoms with Gasteiger partial charge in [-0.2, -0.15) is 0 Å². The predicted molar refractivity (Wildman–Crippen MR) is 119 cm³/mol. The van der Waals surface area contributed by atoms with Crippen molar-refractivity contribution in [3.05, 3.63) is 108 Å². The van der Waals surface area contributed by atoms with Crippen molar-refractivity contribution in [1.82, 2.24) is 0 Å². The van der Waals surface area contributed by atoms with Crippen molar-refractivity contribution in [2.24, 2.45) is 0 Å². The van der Waals surface area contributed by atoms with Crippen molar-refractivity contribution in [2.75, 3.05) is 0 Å². The normalized spacial score (nSPS) is 11.6. The summed E-state index contributed by atoms with van der Waals surface area (Å²) in [5, 5.41) is 2.34. The molecule has 0 bridgehead atoms. The van der Waals surface area contributed by atoms with E-state index in [1.165, 1.54) is 33.0 Å². The maximum absolute atomic E-state index is 6.06. The van der Waals surface area contributed by atoms with Crippen LogP contribution in [0.25, 0.3) is 45.2 Å². The third-order valence-electron chi connectivity index (χ3n) is 5.14. The molecule has 0 aliphatic carbocycles. The van der Waals surface area contributed by atoms with Crippen molar-refractivity contribution in [3.63, 3.8) is 0 Å². The Morgan fingerprint density at radius 2 is 1.18 bits per heavy atom. The Balaban J connectivity index is 1.43. The van der Waals surface area contributed by atoms with E-state index in [0.717, 1.165) is 16.7 Å². The average molecular weight is 360 g/mol. The molecule has 0 saturated heterocycles. The van der Waals surface area contributed by atoms with Crippen LogP contribution in [0.5, 0.6) is 0 Å². The summed E-state index contributed by atoms with van der Waals surface area (Å²) in [5.41, 5.74) is 7.89. The van der Waals surface area contributed by atoms with Crippen LogP contribution < -0.4 is 0 Å². The van der Waals surface area contributed by atoms with E-state index >= 15 is 0 Å². The molecule has 0 N–H and O–H groups in total. The van der Waals surface area contributed by atoms with E-state index in [2.05, 4.69) is 104 Å². The lowest BCUT2D eigenvalue weighted by molar-refractivity contribution is 0.668. The minimum Gasteiger partial charge on any atom is -0.456 e. The van der Waals surface area contributed by atoms with Gasteiger partial charge in [-0.25, -0.2) is 0 Å². The molecule has 134 valence electrons. The van der Waals surface area contributed by atoms with Crippen LogP contribution in [-0.4, -0.2) is 0 Å². The van der Waals surface area contributed by atoms with Gasteiger partial charge in [0.1, 0.15) is 11.2 Å². The van der Waals surface area contributed by atoms with Gasteiger partial charge in [-0.05, 0) is 52.9 Å². The molecule has 0 aliphatic heterocycles. The summed E-state index contributed by atoms with van der Waals surface area (Å²) >= 11 is 0. The highest BCUT2D eigenvalue weighted by Crippen LogP contribution is 2.30. The second-order valence-electron chi connectivity index (χ2n) is 7.18. The minimum absolute atomic E-state index is 0.933. The van der Waals surface area contributed by atoms with Crippen LogP contribution in [-0.2, 0) is 0 Å². The van der Waals surface area contributed by atoms with Crippen LogP contribution in [0.1, 0.15) is 16.7 Å². The van der Waals surface area contributed by atoms with Gasteiger partial charge in [0.2, 0.25) is 0 Å². The molecule has 0 spiro atoms. The maximum Gasteiger partial charge on any atom is 0.136 e.